The Morgan fingerprint density at radius 3 is 1.68 bits per heavy atom. The van der Waals surface area contributed by atoms with Crippen molar-refractivity contribution < 1.29 is 15.0 Å². The van der Waals surface area contributed by atoms with Gasteiger partial charge in [-0.3, -0.25) is 4.79 Å². The number of aliphatic hydroxyl groups is 2. The van der Waals surface area contributed by atoms with Crippen LogP contribution in [0.25, 0.3) is 0 Å². The normalized spacial score (nSPS) is 17.5. The first-order chi connectivity index (χ1) is 17.1. The van der Waals surface area contributed by atoms with Crippen molar-refractivity contribution in [3.05, 3.63) is 0 Å². The molecule has 0 radical (unpaired) electrons. The van der Waals surface area contributed by atoms with E-state index in [0.29, 0.717) is 25.0 Å². The molecule has 1 rings (SSSR count). The van der Waals surface area contributed by atoms with Crippen LogP contribution in [0.4, 0.5) is 0 Å². The molecule has 0 spiro atoms. The second-order valence-electron chi connectivity index (χ2n) is 13.4. The second kappa shape index (κ2) is 24.4. The molecule has 226 valence electrons. The maximum Gasteiger partial charge on any atom is 0.219 e. The summed E-state index contributed by atoms with van der Waals surface area (Å²) in [7, 11) is 0. The Hall–Kier alpha value is -0.610. The number of nitrogens with zero attached hydrogens (tertiary/aromatic N) is 1. The van der Waals surface area contributed by atoms with Crippen LogP contribution < -0.4 is 0 Å². The Labute approximate surface area is 234 Å². The summed E-state index contributed by atoms with van der Waals surface area (Å²) >= 11 is 0. The van der Waals surface area contributed by atoms with E-state index in [1.807, 2.05) is 4.90 Å². The van der Waals surface area contributed by atoms with Crippen LogP contribution >= 0.6 is 0 Å². The van der Waals surface area contributed by atoms with Gasteiger partial charge < -0.3 is 15.1 Å². The zero-order valence-electron chi connectivity index (χ0n) is 27.7. The van der Waals surface area contributed by atoms with Crippen molar-refractivity contribution in [2.75, 3.05) is 26.3 Å². The molecule has 0 bridgehead atoms. The van der Waals surface area contributed by atoms with Crippen LogP contribution in [0.2, 0.25) is 0 Å². The summed E-state index contributed by atoms with van der Waals surface area (Å²) in [6, 6.07) is 0. The fraction of sp³-hybridized carbons (Fsp3) is 0.970. The molecule has 1 amide bonds. The highest BCUT2D eigenvalue weighted by Crippen LogP contribution is 2.28. The van der Waals surface area contributed by atoms with Gasteiger partial charge in [-0.15, -0.1) is 0 Å². The number of carbonyl (C=O) groups is 1. The van der Waals surface area contributed by atoms with E-state index in [1.54, 1.807) is 6.92 Å². The number of hydrogen-bond donors (Lipinski definition) is 2. The van der Waals surface area contributed by atoms with Gasteiger partial charge in [0.2, 0.25) is 5.91 Å². The Balaban J connectivity index is -0.000000429. The average molecular weight is 530 g/mol. The number of rotatable bonds is 12. The minimum absolute atomic E-state index is 0.161. The van der Waals surface area contributed by atoms with Crippen LogP contribution in [0.5, 0.6) is 0 Å². The molecule has 1 saturated heterocycles. The Morgan fingerprint density at radius 2 is 1.49 bits per heavy atom. The molecule has 1 heterocycles. The molecule has 0 aromatic heterocycles. The minimum Gasteiger partial charge on any atom is -0.396 e. The molecule has 3 unspecified atom stereocenters. The number of hydrogen-bond acceptors (Lipinski definition) is 3. The van der Waals surface area contributed by atoms with Crippen molar-refractivity contribution >= 4 is 5.91 Å². The average Bonchev–Trinajstić information content (AvgIpc) is 3.26. The lowest BCUT2D eigenvalue weighted by atomic mass is 9.81. The minimum atomic E-state index is 0.161. The van der Waals surface area contributed by atoms with E-state index in [-0.39, 0.29) is 11.3 Å². The molecule has 1 aliphatic rings. The van der Waals surface area contributed by atoms with Gasteiger partial charge >= 0.3 is 0 Å². The van der Waals surface area contributed by atoms with E-state index in [9.17, 15) is 4.79 Å². The van der Waals surface area contributed by atoms with Gasteiger partial charge in [0.25, 0.3) is 0 Å². The number of carbonyl (C=O) groups excluding carboxylic acids is 1. The molecular formula is C33H71NO3. The fourth-order valence-electron chi connectivity index (χ4n) is 4.90. The predicted molar refractivity (Wildman–Crippen MR) is 165 cm³/mol. The molecule has 1 fully saturated rings. The van der Waals surface area contributed by atoms with Crippen molar-refractivity contribution in [3.63, 3.8) is 0 Å². The van der Waals surface area contributed by atoms with E-state index in [0.717, 1.165) is 62.4 Å². The third-order valence-corrected chi connectivity index (χ3v) is 7.18. The zero-order valence-corrected chi connectivity index (χ0v) is 27.7. The van der Waals surface area contributed by atoms with E-state index in [2.05, 4.69) is 83.1 Å². The van der Waals surface area contributed by atoms with Gasteiger partial charge in [-0.2, -0.15) is 0 Å². The molecule has 4 heteroatoms. The highest BCUT2D eigenvalue weighted by Gasteiger charge is 2.24. The summed E-state index contributed by atoms with van der Waals surface area (Å²) in [5.74, 6) is 4.61. The fourth-order valence-corrected chi connectivity index (χ4v) is 4.90. The van der Waals surface area contributed by atoms with Gasteiger partial charge in [-0.1, -0.05) is 102 Å². The maximum absolute atomic E-state index is 11.0. The SMILES string of the molecule is CC(=O)N1CCC(CC(C)C)C1.CCC(C)(CO)CC(C)C.CCC(CO)CC(C)C.CCCC(C)C. The highest BCUT2D eigenvalue weighted by molar-refractivity contribution is 5.73. The standard InChI is InChI=1S/C10H19NO.C9H20O.C8H18O.C6H14/c1-8(2)6-10-4-5-11(7-10)9(3)12;1-5-9(4,7-10)6-8(2)3;1-4-8(6-9)5-7(2)3;1-4-5-6(2)3/h8,10H,4-7H2,1-3H3;8,10H,5-7H2,1-4H3;7-9H,4-6H2,1-3H3;6H,4-5H2,1-3H3. The first-order valence-corrected chi connectivity index (χ1v) is 15.6. The summed E-state index contributed by atoms with van der Waals surface area (Å²) in [5, 5.41) is 17.8. The van der Waals surface area contributed by atoms with Crippen molar-refractivity contribution in [2.45, 2.75) is 141 Å². The number of aliphatic hydroxyl groups excluding tert-OH is 2. The van der Waals surface area contributed by atoms with Crippen molar-refractivity contribution in [3.8, 4) is 0 Å². The summed E-state index contributed by atoms with van der Waals surface area (Å²) in [4.78, 5) is 13.0. The Kier molecular flexibility index (Phi) is 27.0. The molecule has 0 saturated carbocycles. The number of amides is 1. The van der Waals surface area contributed by atoms with Gasteiger partial charge in [-0.25, -0.2) is 0 Å². The van der Waals surface area contributed by atoms with E-state index >= 15 is 0 Å². The summed E-state index contributed by atoms with van der Waals surface area (Å²) in [6.07, 6.45) is 9.64. The highest BCUT2D eigenvalue weighted by atomic mass is 16.3. The van der Waals surface area contributed by atoms with Crippen molar-refractivity contribution in [1.29, 1.82) is 0 Å². The van der Waals surface area contributed by atoms with E-state index in [4.69, 9.17) is 10.2 Å². The Bertz CT molecular complexity index is 494. The summed E-state index contributed by atoms with van der Waals surface area (Å²) in [5.41, 5.74) is 0.161. The quantitative estimate of drug-likeness (QED) is 0.265. The molecule has 0 aromatic rings. The smallest absolute Gasteiger partial charge is 0.219 e. The predicted octanol–water partition coefficient (Wildman–Crippen LogP) is 8.84. The molecule has 37 heavy (non-hydrogen) atoms. The van der Waals surface area contributed by atoms with E-state index in [1.165, 1.54) is 25.7 Å². The van der Waals surface area contributed by atoms with Gasteiger partial charge in [0.05, 0.1) is 0 Å². The van der Waals surface area contributed by atoms with Crippen LogP contribution in [0.15, 0.2) is 0 Å². The van der Waals surface area contributed by atoms with Crippen LogP contribution in [-0.2, 0) is 4.79 Å². The molecular weight excluding hydrogens is 458 g/mol. The van der Waals surface area contributed by atoms with Crippen molar-refractivity contribution in [1.82, 2.24) is 4.90 Å². The lowest BCUT2D eigenvalue weighted by molar-refractivity contribution is -0.127. The van der Waals surface area contributed by atoms with E-state index < -0.39 is 0 Å². The molecule has 2 N–H and O–H groups in total. The van der Waals surface area contributed by atoms with Gasteiger partial charge in [0, 0.05) is 33.2 Å². The molecule has 3 atom stereocenters. The lowest BCUT2D eigenvalue weighted by Gasteiger charge is -2.27. The van der Waals surface area contributed by atoms with Crippen molar-refractivity contribution in [2.24, 2.45) is 40.9 Å². The van der Waals surface area contributed by atoms with Crippen LogP contribution in [0.3, 0.4) is 0 Å². The Morgan fingerprint density at radius 1 is 0.919 bits per heavy atom. The largest absolute Gasteiger partial charge is 0.396 e. The molecule has 1 aliphatic heterocycles. The van der Waals surface area contributed by atoms with Crippen LogP contribution in [0.1, 0.15) is 141 Å². The maximum atomic E-state index is 11.0. The summed E-state index contributed by atoms with van der Waals surface area (Å²) in [6.45, 7) is 30.7. The van der Waals surface area contributed by atoms with Crippen LogP contribution in [0, 0.1) is 40.9 Å². The number of likely N-dealkylation sites (tertiary alicyclic amines) is 1. The zero-order chi connectivity index (χ0) is 29.6. The molecule has 4 nitrogen and oxygen atoms in total. The third-order valence-electron chi connectivity index (χ3n) is 7.18. The van der Waals surface area contributed by atoms with Gasteiger partial charge in [-0.05, 0) is 73.0 Å². The second-order valence-corrected chi connectivity index (χ2v) is 13.4. The molecule has 0 aliphatic carbocycles. The molecule has 0 aromatic carbocycles. The summed E-state index contributed by atoms with van der Waals surface area (Å²) < 4.78 is 0. The first-order valence-electron chi connectivity index (χ1n) is 15.6. The third kappa shape index (κ3) is 26.8. The first kappa shape index (κ1) is 40.9. The van der Waals surface area contributed by atoms with Gasteiger partial charge in [0.15, 0.2) is 0 Å². The van der Waals surface area contributed by atoms with Crippen LogP contribution in [-0.4, -0.2) is 47.3 Å². The topological polar surface area (TPSA) is 60.8 Å². The lowest BCUT2D eigenvalue weighted by Crippen LogP contribution is -2.25. The monoisotopic (exact) mass is 530 g/mol. The van der Waals surface area contributed by atoms with Gasteiger partial charge in [0.1, 0.15) is 0 Å².